The van der Waals surface area contributed by atoms with E-state index < -0.39 is 5.97 Å². The number of halogens is 1. The Labute approximate surface area is 208 Å². The van der Waals surface area contributed by atoms with E-state index in [1.54, 1.807) is 17.4 Å². The van der Waals surface area contributed by atoms with Crippen molar-refractivity contribution in [2.45, 2.75) is 26.4 Å². The van der Waals surface area contributed by atoms with E-state index in [0.29, 0.717) is 49.8 Å². The van der Waals surface area contributed by atoms with Gasteiger partial charge in [0.15, 0.2) is 0 Å². The summed E-state index contributed by atoms with van der Waals surface area (Å²) in [6, 6.07) is 15.6. The van der Waals surface area contributed by atoms with E-state index in [1.165, 1.54) is 22.1 Å². The van der Waals surface area contributed by atoms with E-state index in [2.05, 4.69) is 30.0 Å². The number of benzene rings is 2. The zero-order valence-electron chi connectivity index (χ0n) is 19.6. The van der Waals surface area contributed by atoms with Crippen LogP contribution in [0, 0.1) is 11.7 Å². The zero-order valence-corrected chi connectivity index (χ0v) is 20.4. The number of ether oxygens (including phenoxy) is 2. The molecule has 0 aliphatic carbocycles. The van der Waals surface area contributed by atoms with Gasteiger partial charge in [0.25, 0.3) is 0 Å². The largest absolute Gasteiger partial charge is 0.488 e. The predicted molar refractivity (Wildman–Crippen MR) is 136 cm³/mol. The predicted octanol–water partition coefficient (Wildman–Crippen LogP) is 5.88. The summed E-state index contributed by atoms with van der Waals surface area (Å²) < 4.78 is 26.8. The average molecular weight is 494 g/mol. The fourth-order valence-electron chi connectivity index (χ4n) is 4.72. The van der Waals surface area contributed by atoms with E-state index in [-0.39, 0.29) is 11.7 Å². The third-order valence-electron chi connectivity index (χ3n) is 6.52. The van der Waals surface area contributed by atoms with Crippen LogP contribution in [-0.4, -0.2) is 42.2 Å². The minimum absolute atomic E-state index is 0.329. The number of aliphatic carboxylic acids is 1. The molecule has 1 aromatic heterocycles. The van der Waals surface area contributed by atoms with Crippen LogP contribution in [0.4, 0.5) is 4.39 Å². The van der Waals surface area contributed by atoms with E-state index in [4.69, 9.17) is 9.47 Å². The molecule has 0 amide bonds. The van der Waals surface area contributed by atoms with E-state index in [0.717, 1.165) is 23.4 Å². The summed E-state index contributed by atoms with van der Waals surface area (Å²) in [4.78, 5) is 15.7. The molecular formula is C28H28FNO4S. The lowest BCUT2D eigenvalue weighted by molar-refractivity contribution is -0.141. The number of fused-ring (bicyclic) bond motifs is 1. The van der Waals surface area contributed by atoms with Gasteiger partial charge in [0.05, 0.1) is 11.5 Å². The van der Waals surface area contributed by atoms with Crippen LogP contribution in [0.1, 0.15) is 28.7 Å². The SMILES string of the molecule is CCc1sc(COc2cc(F)c3c(c2)OCC(CN2CCC(C(=O)O)C2)=C3)cc1-c1ccccc1. The molecule has 3 aromatic rings. The zero-order chi connectivity index (χ0) is 24.4. The summed E-state index contributed by atoms with van der Waals surface area (Å²) in [5, 5.41) is 9.20. The van der Waals surface area contributed by atoms with Gasteiger partial charge in [-0.05, 0) is 48.2 Å². The van der Waals surface area contributed by atoms with E-state index >= 15 is 0 Å². The number of likely N-dealkylation sites (tertiary alicyclic amines) is 1. The summed E-state index contributed by atoms with van der Waals surface area (Å²) in [5.41, 5.74) is 3.77. The number of aryl methyl sites for hydroxylation is 1. The molecule has 182 valence electrons. The first-order valence-corrected chi connectivity index (χ1v) is 12.7. The topological polar surface area (TPSA) is 59.0 Å². The van der Waals surface area contributed by atoms with Crippen molar-refractivity contribution in [1.82, 2.24) is 4.90 Å². The molecule has 1 atom stereocenters. The van der Waals surface area contributed by atoms with Crippen LogP contribution in [0.2, 0.25) is 0 Å². The number of carboxylic acids is 1. The monoisotopic (exact) mass is 493 g/mol. The number of carbonyl (C=O) groups is 1. The molecule has 7 heteroatoms. The van der Waals surface area contributed by atoms with Crippen molar-refractivity contribution in [3.8, 4) is 22.6 Å². The number of hydrogen-bond donors (Lipinski definition) is 1. The molecule has 1 unspecified atom stereocenters. The molecule has 3 heterocycles. The van der Waals surface area contributed by atoms with Crippen molar-refractivity contribution in [1.29, 1.82) is 0 Å². The van der Waals surface area contributed by atoms with E-state index in [9.17, 15) is 14.3 Å². The summed E-state index contributed by atoms with van der Waals surface area (Å²) in [6.45, 7) is 4.70. The third kappa shape index (κ3) is 5.26. The first-order valence-electron chi connectivity index (χ1n) is 11.9. The highest BCUT2D eigenvalue weighted by Gasteiger charge is 2.29. The Morgan fingerprint density at radius 3 is 2.83 bits per heavy atom. The van der Waals surface area contributed by atoms with Gasteiger partial charge >= 0.3 is 5.97 Å². The molecule has 1 N–H and O–H groups in total. The molecule has 5 rings (SSSR count). The highest BCUT2D eigenvalue weighted by atomic mass is 32.1. The van der Waals surface area contributed by atoms with Gasteiger partial charge in [-0.15, -0.1) is 11.3 Å². The summed E-state index contributed by atoms with van der Waals surface area (Å²) in [5.74, 6) is -0.557. The average Bonchev–Trinajstić information content (AvgIpc) is 3.51. The first kappa shape index (κ1) is 23.6. The molecule has 0 spiro atoms. The van der Waals surface area contributed by atoms with Gasteiger partial charge in [-0.3, -0.25) is 9.69 Å². The third-order valence-corrected chi connectivity index (χ3v) is 7.77. The molecule has 1 fully saturated rings. The maximum atomic E-state index is 15.0. The lowest BCUT2D eigenvalue weighted by Gasteiger charge is -2.23. The maximum Gasteiger partial charge on any atom is 0.307 e. The minimum atomic E-state index is -0.755. The molecule has 0 bridgehead atoms. The van der Waals surface area contributed by atoms with Gasteiger partial charge in [0.2, 0.25) is 0 Å². The molecule has 2 aliphatic rings. The van der Waals surface area contributed by atoms with Gasteiger partial charge < -0.3 is 14.6 Å². The Morgan fingerprint density at radius 1 is 1.26 bits per heavy atom. The number of rotatable bonds is 8. The molecular weight excluding hydrogens is 465 g/mol. The quantitative estimate of drug-likeness (QED) is 0.425. The van der Waals surface area contributed by atoms with Crippen molar-refractivity contribution in [3.63, 3.8) is 0 Å². The fraction of sp³-hybridized carbons (Fsp3) is 0.321. The molecule has 35 heavy (non-hydrogen) atoms. The van der Waals surface area contributed by atoms with Crippen LogP contribution in [0.5, 0.6) is 11.5 Å². The molecule has 2 aliphatic heterocycles. The summed E-state index contributed by atoms with van der Waals surface area (Å²) in [6.07, 6.45) is 3.41. The van der Waals surface area contributed by atoms with Crippen molar-refractivity contribution < 1.29 is 23.8 Å². The minimum Gasteiger partial charge on any atom is -0.488 e. The Bertz CT molecular complexity index is 1250. The van der Waals surface area contributed by atoms with Crippen molar-refractivity contribution in [3.05, 3.63) is 75.2 Å². The van der Waals surface area contributed by atoms with Crippen molar-refractivity contribution >= 4 is 23.4 Å². The second-order valence-electron chi connectivity index (χ2n) is 9.02. The molecule has 0 saturated carbocycles. The normalized spacial score (nSPS) is 17.5. The van der Waals surface area contributed by atoms with Gasteiger partial charge in [0, 0.05) is 35.0 Å². The number of hydrogen-bond acceptors (Lipinski definition) is 5. The van der Waals surface area contributed by atoms with Gasteiger partial charge in [-0.25, -0.2) is 4.39 Å². The first-order chi connectivity index (χ1) is 17.0. The number of carboxylic acid groups (broad SMARTS) is 1. The lowest BCUT2D eigenvalue weighted by atomic mass is 10.1. The van der Waals surface area contributed by atoms with Crippen LogP contribution in [-0.2, 0) is 17.8 Å². The number of nitrogens with zero attached hydrogens (tertiary/aromatic N) is 1. The summed E-state index contributed by atoms with van der Waals surface area (Å²) in [7, 11) is 0. The smallest absolute Gasteiger partial charge is 0.307 e. The van der Waals surface area contributed by atoms with Gasteiger partial charge in [-0.1, -0.05) is 37.3 Å². The Hall–Kier alpha value is -3.16. The fourth-order valence-corrected chi connectivity index (χ4v) is 5.76. The number of thiophene rings is 1. The Kier molecular flexibility index (Phi) is 6.88. The van der Waals surface area contributed by atoms with Gasteiger partial charge in [-0.2, -0.15) is 0 Å². The van der Waals surface area contributed by atoms with Crippen LogP contribution < -0.4 is 9.47 Å². The Morgan fingerprint density at radius 2 is 2.09 bits per heavy atom. The van der Waals surface area contributed by atoms with Crippen molar-refractivity contribution in [2.24, 2.45) is 5.92 Å². The molecule has 1 saturated heterocycles. The van der Waals surface area contributed by atoms with Gasteiger partial charge in [0.1, 0.15) is 30.5 Å². The lowest BCUT2D eigenvalue weighted by Crippen LogP contribution is -2.27. The Balaban J connectivity index is 1.26. The standard InChI is InChI=1S/C28H28FNO4S/c1-2-27-23(19-6-4-3-5-7-19)13-22(35-27)17-33-21-11-25(29)24-10-18(16-34-26(24)12-21)14-30-9-8-20(15-30)28(31)32/h3-7,10-13,20H,2,8-9,14-17H2,1H3,(H,31,32). The second kappa shape index (κ2) is 10.2. The maximum absolute atomic E-state index is 15.0. The summed E-state index contributed by atoms with van der Waals surface area (Å²) >= 11 is 1.72. The molecule has 2 aromatic carbocycles. The van der Waals surface area contributed by atoms with E-state index in [1.807, 2.05) is 24.3 Å². The van der Waals surface area contributed by atoms with Crippen LogP contribution in [0.25, 0.3) is 17.2 Å². The highest BCUT2D eigenvalue weighted by Crippen LogP contribution is 2.36. The molecule has 0 radical (unpaired) electrons. The second-order valence-corrected chi connectivity index (χ2v) is 10.2. The van der Waals surface area contributed by atoms with Crippen LogP contribution in [0.3, 0.4) is 0 Å². The van der Waals surface area contributed by atoms with Crippen LogP contribution in [0.15, 0.2) is 54.1 Å². The van der Waals surface area contributed by atoms with Crippen LogP contribution >= 0.6 is 11.3 Å². The van der Waals surface area contributed by atoms with Crippen molar-refractivity contribution in [2.75, 3.05) is 26.2 Å². The molecule has 5 nitrogen and oxygen atoms in total. The highest BCUT2D eigenvalue weighted by molar-refractivity contribution is 7.12.